The molecule has 0 aliphatic heterocycles. The van der Waals surface area contributed by atoms with Gasteiger partial charge in [-0.05, 0) is 217 Å². The van der Waals surface area contributed by atoms with Gasteiger partial charge in [-0.3, -0.25) is 0 Å². The van der Waals surface area contributed by atoms with E-state index in [0.29, 0.717) is 0 Å². The van der Waals surface area contributed by atoms with Crippen molar-refractivity contribution in [1.82, 2.24) is 32.8 Å². The van der Waals surface area contributed by atoms with Gasteiger partial charge in [-0.15, -0.1) is 0 Å². The maximum Gasteiger partial charge on any atom is 0.107 e. The van der Waals surface area contributed by atoms with E-state index in [1.54, 1.807) is 0 Å². The van der Waals surface area contributed by atoms with E-state index in [4.69, 9.17) is 0 Å². The lowest BCUT2D eigenvalue weighted by Gasteiger charge is -2.15. The molecule has 574 valence electrons. The summed E-state index contributed by atoms with van der Waals surface area (Å²) in [6, 6.07) is 114. The number of fused-ring (bicyclic) bond motifs is 21. The highest BCUT2D eigenvalue weighted by Gasteiger charge is 2.27. The Morgan fingerprint density at radius 3 is 0.916 bits per heavy atom. The second-order valence-electron chi connectivity index (χ2n) is 31.4. The number of benzene rings is 15. The first kappa shape index (κ1) is 74.7. The van der Waals surface area contributed by atoms with Crippen molar-refractivity contribution in [3.8, 4) is 28.4 Å². The van der Waals surface area contributed by atoms with Crippen molar-refractivity contribution in [3.63, 3.8) is 0 Å². The van der Waals surface area contributed by atoms with Crippen LogP contribution in [0.5, 0.6) is 0 Å². The molecule has 0 bridgehead atoms. The Labute approximate surface area is 716 Å². The summed E-state index contributed by atoms with van der Waals surface area (Å²) < 4.78 is 15.4. The van der Waals surface area contributed by atoms with Crippen molar-refractivity contribution in [3.05, 3.63) is 415 Å². The molecule has 10 heteroatoms. The molecule has 15 aromatic carbocycles. The number of para-hydroxylation sites is 6. The molecule has 7 heterocycles. The maximum absolute atomic E-state index is 3.54. The molecule has 2 aliphatic carbocycles. The number of aromatic amines is 2. The topological polar surface area (TPSA) is 56.2 Å². The highest BCUT2D eigenvalue weighted by atomic mass is 79.9. The molecule has 0 spiro atoms. The molecule has 2 N–H and O–H groups in total. The van der Waals surface area contributed by atoms with Gasteiger partial charge in [-0.1, -0.05) is 230 Å². The van der Waals surface area contributed by atoms with E-state index in [1.165, 1.54) is 204 Å². The van der Waals surface area contributed by atoms with Crippen LogP contribution >= 0.6 is 47.8 Å². The average molecular weight is 1730 g/mol. The van der Waals surface area contributed by atoms with E-state index in [9.17, 15) is 0 Å². The maximum atomic E-state index is 3.54. The van der Waals surface area contributed by atoms with Gasteiger partial charge in [0.25, 0.3) is 0 Å². The first-order valence-corrected chi connectivity index (χ1v) is 43.0. The molecule has 22 aromatic rings. The molecule has 7 nitrogen and oxygen atoms in total. The molecule has 0 amide bonds. The molecule has 0 unspecified atom stereocenters. The zero-order valence-electron chi connectivity index (χ0n) is 67.3. The smallest absolute Gasteiger partial charge is 0.107 e. The van der Waals surface area contributed by atoms with Gasteiger partial charge in [-0.25, -0.2) is 0 Å². The summed E-state index contributed by atoms with van der Waals surface area (Å²) in [5.41, 5.74) is 34.2. The third-order valence-corrected chi connectivity index (χ3v) is 26.5. The van der Waals surface area contributed by atoms with Gasteiger partial charge in [0.15, 0.2) is 0 Å². The minimum atomic E-state index is 1.07. The zero-order valence-corrected chi connectivity index (χ0v) is 72.1. The van der Waals surface area contributed by atoms with Crippen LogP contribution in [0.4, 0.5) is 0 Å². The monoisotopic (exact) mass is 1730 g/mol. The molecule has 0 saturated heterocycles. The van der Waals surface area contributed by atoms with Crippen LogP contribution in [-0.4, -0.2) is 32.8 Å². The van der Waals surface area contributed by atoms with E-state index < -0.39 is 0 Å². The summed E-state index contributed by atoms with van der Waals surface area (Å²) in [5.74, 6) is 0. The van der Waals surface area contributed by atoms with E-state index >= 15 is 0 Å². The Morgan fingerprint density at radius 2 is 0.555 bits per heavy atom. The fraction of sp³-hybridized carbons (Fsp3) is 0.0826. The highest BCUT2D eigenvalue weighted by molar-refractivity contribution is 9.11. The minimum Gasteiger partial charge on any atom is -0.358 e. The number of nitrogens with zero attached hydrogens (tertiary/aromatic N) is 5. The normalized spacial score (nSPS) is 12.3. The summed E-state index contributed by atoms with van der Waals surface area (Å²) in [5, 5.41) is 18.0. The Bertz CT molecular complexity index is 7410. The van der Waals surface area contributed by atoms with Crippen LogP contribution in [0, 0.1) is 61.5 Å². The first-order valence-electron chi connectivity index (χ1n) is 40.6. The largest absolute Gasteiger partial charge is 0.358 e. The molecule has 0 atom stereocenters. The second kappa shape index (κ2) is 30.5. The van der Waals surface area contributed by atoms with Crippen molar-refractivity contribution in [2.75, 3.05) is 0 Å². The Balaban J connectivity index is 0.000000119. The predicted molar refractivity (Wildman–Crippen MR) is 516 cm³/mol. The van der Waals surface area contributed by atoms with Crippen LogP contribution in [0.3, 0.4) is 0 Å². The summed E-state index contributed by atoms with van der Waals surface area (Å²) in [6.07, 6.45) is 10.4. The molecule has 7 aromatic heterocycles. The van der Waals surface area contributed by atoms with Gasteiger partial charge in [0.2, 0.25) is 0 Å². The van der Waals surface area contributed by atoms with Gasteiger partial charge in [0.05, 0.1) is 72.4 Å². The number of allylic oxidation sites excluding steroid dienone is 6. The standard InChI is InChI=1S/C54H40N4.C18H12BrN.C18H18N2.C13H9.C6H4Br2/c1-33-35(3)55(37-21-25-39(26-22-37)57-49-17-9-5-13-43(49)44-14-6-10-18-50(44)57)53-41(33)29-31-48-47(53)32-30-42-34(2)36(4)56(54(42)48)38-23-27-40(28-24-38)58-51-19-11-7-15-45(51)46-16-8-12-20-52(46)58;19-13-9-11-14(12-10-13)20-17-7-3-1-5-15(17)16-6-2-4-8-18(16)20;1-9-11(3)19-17-13(9)5-7-16-15(17)8-6-14-10(2)12(4)20-18(14)16;1-3-7-12-10(5-1)9-11-6-2-4-8-13(11)12;7-5-1-2-6(8)4-3-5/h5-32H,1-4H3;1-12H;5-8,19-20H,1-4H3;1,3-8H,9H2;1-4H/q;;;+1;. The Kier molecular flexibility index (Phi) is 19.1. The van der Waals surface area contributed by atoms with Crippen LogP contribution in [-0.2, 0) is 6.42 Å². The number of aromatic nitrogens is 7. The second-order valence-corrected chi connectivity index (χ2v) is 34.2. The predicted octanol–water partition coefficient (Wildman–Crippen LogP) is 30.9. The third-order valence-electron chi connectivity index (χ3n) is 24.9. The SMILES string of the molecule is Brc1ccc(-n2c3ccccc3c3ccccc32)cc1.Brc1ccc(Br)cc1.Cc1[nH]c2c(ccc3c2ccc2c(C)c(C)[nH]c23)c1C.Cc1c(C)n(-c2ccc(-n3c4ccccc4c4ccccc43)cc2)c2c1ccc1c2ccc2c(C)c(C)n(-c3ccc(-n4c5ccccc5c5ccccc54)cc3)c21.[C+]1=CC2=C(C=C1)c1ccccc1C2. The van der Waals surface area contributed by atoms with Crippen molar-refractivity contribution >= 4 is 184 Å². The number of hydrogen-bond donors (Lipinski definition) is 2. The van der Waals surface area contributed by atoms with Crippen molar-refractivity contribution < 1.29 is 0 Å². The van der Waals surface area contributed by atoms with E-state index in [-0.39, 0.29) is 0 Å². The van der Waals surface area contributed by atoms with Gasteiger partial charge in [0.1, 0.15) is 12.2 Å². The average Bonchev–Trinajstić information content (AvgIpc) is 1.56. The lowest BCUT2D eigenvalue weighted by Crippen LogP contribution is -2.00. The van der Waals surface area contributed by atoms with Crippen LogP contribution in [0.1, 0.15) is 56.2 Å². The van der Waals surface area contributed by atoms with E-state index in [0.717, 1.165) is 42.6 Å². The van der Waals surface area contributed by atoms with Crippen LogP contribution in [0.15, 0.2) is 353 Å². The fourth-order valence-corrected chi connectivity index (χ4v) is 19.4. The summed E-state index contributed by atoms with van der Waals surface area (Å²) in [6.45, 7) is 17.7. The van der Waals surface area contributed by atoms with E-state index in [1.807, 2.05) is 30.3 Å². The quantitative estimate of drug-likeness (QED) is 0.161. The van der Waals surface area contributed by atoms with Crippen molar-refractivity contribution in [1.29, 1.82) is 0 Å². The Morgan fingerprint density at radius 1 is 0.269 bits per heavy atom. The molecule has 24 rings (SSSR count). The summed E-state index contributed by atoms with van der Waals surface area (Å²) in [4.78, 5) is 7.08. The number of nitrogens with one attached hydrogen (secondary N) is 2. The zero-order chi connectivity index (χ0) is 81.0. The van der Waals surface area contributed by atoms with Crippen molar-refractivity contribution in [2.45, 2.75) is 61.8 Å². The first-order chi connectivity index (χ1) is 58.1. The molecule has 0 fully saturated rings. The summed E-state index contributed by atoms with van der Waals surface area (Å²) in [7, 11) is 0. The minimum absolute atomic E-state index is 1.07. The van der Waals surface area contributed by atoms with Crippen LogP contribution in [0.25, 0.3) is 165 Å². The number of halogens is 3. The van der Waals surface area contributed by atoms with Gasteiger partial charge in [0, 0.05) is 158 Å². The molecule has 2 aliphatic rings. The fourth-order valence-electron chi connectivity index (χ4n) is 18.6. The molecular weight excluding hydrogens is 1650 g/mol. The molecule has 119 heavy (non-hydrogen) atoms. The van der Waals surface area contributed by atoms with Gasteiger partial charge >= 0.3 is 0 Å². The number of rotatable bonds is 5. The van der Waals surface area contributed by atoms with Gasteiger partial charge in [-0.2, -0.15) is 0 Å². The van der Waals surface area contributed by atoms with Crippen LogP contribution < -0.4 is 0 Å². The molecule has 0 saturated carbocycles. The number of hydrogen-bond acceptors (Lipinski definition) is 0. The van der Waals surface area contributed by atoms with E-state index in [2.05, 4.69) is 445 Å². The van der Waals surface area contributed by atoms with Gasteiger partial charge < -0.3 is 32.8 Å². The molecular formula is C109H83Br3N7+. The van der Waals surface area contributed by atoms with Crippen LogP contribution in [0.2, 0.25) is 0 Å². The lowest BCUT2D eigenvalue weighted by molar-refractivity contribution is 1.04. The number of aryl methyl sites for hydroxylation is 6. The Hall–Kier alpha value is -13.1. The molecule has 0 radical (unpaired) electrons. The highest BCUT2D eigenvalue weighted by Crippen LogP contribution is 2.44. The third kappa shape index (κ3) is 12.8. The summed E-state index contributed by atoms with van der Waals surface area (Å²) >= 11 is 10.1. The van der Waals surface area contributed by atoms with Crippen molar-refractivity contribution in [2.24, 2.45) is 0 Å². The number of H-pyrrole nitrogens is 2. The lowest BCUT2D eigenvalue weighted by atomic mass is 10.0.